The lowest BCUT2D eigenvalue weighted by Crippen LogP contribution is -2.19. The maximum absolute atomic E-state index is 12.2. The van der Waals surface area contributed by atoms with Crippen molar-refractivity contribution in [2.45, 2.75) is 6.36 Å². The Bertz CT molecular complexity index is 909. The van der Waals surface area contributed by atoms with Crippen molar-refractivity contribution in [3.63, 3.8) is 0 Å². The van der Waals surface area contributed by atoms with Crippen molar-refractivity contribution >= 4 is 34.6 Å². The second kappa shape index (κ2) is 7.75. The van der Waals surface area contributed by atoms with Gasteiger partial charge in [-0.1, -0.05) is 24.3 Å². The van der Waals surface area contributed by atoms with E-state index in [1.165, 1.54) is 31.4 Å². The van der Waals surface area contributed by atoms with Gasteiger partial charge in [0.25, 0.3) is 5.91 Å². The Hall–Kier alpha value is -2.94. The van der Waals surface area contributed by atoms with Gasteiger partial charge in [0.15, 0.2) is 5.17 Å². The summed E-state index contributed by atoms with van der Waals surface area (Å²) in [5, 5.41) is 3.03. The first kappa shape index (κ1) is 18.8. The molecule has 1 heterocycles. The van der Waals surface area contributed by atoms with Gasteiger partial charge < -0.3 is 14.8 Å². The van der Waals surface area contributed by atoms with E-state index in [-0.39, 0.29) is 11.7 Å². The number of nitrogens with zero attached hydrogens (tertiary/aromatic N) is 1. The summed E-state index contributed by atoms with van der Waals surface area (Å²) in [4.78, 5) is 16.8. The van der Waals surface area contributed by atoms with Crippen LogP contribution in [-0.4, -0.2) is 24.5 Å². The van der Waals surface area contributed by atoms with Crippen LogP contribution in [0.1, 0.15) is 5.56 Å². The van der Waals surface area contributed by atoms with E-state index >= 15 is 0 Å². The number of amides is 1. The van der Waals surface area contributed by atoms with Gasteiger partial charge >= 0.3 is 6.36 Å². The largest absolute Gasteiger partial charge is 0.573 e. The topological polar surface area (TPSA) is 59.9 Å². The van der Waals surface area contributed by atoms with Crippen LogP contribution >= 0.6 is 11.8 Å². The van der Waals surface area contributed by atoms with Gasteiger partial charge in [-0.2, -0.15) is 0 Å². The number of hydrogen-bond acceptors (Lipinski definition) is 5. The second-order valence-corrected chi connectivity index (χ2v) is 6.30. The highest BCUT2D eigenvalue weighted by Crippen LogP contribution is 2.32. The first-order chi connectivity index (χ1) is 12.8. The molecule has 3 rings (SSSR count). The minimum Gasteiger partial charge on any atom is -0.494 e. The SMILES string of the molecule is COc1ccccc1N=C1NC(=O)/C(=C/c2ccc(OC(F)(F)F)cc2)S1. The van der Waals surface area contributed by atoms with Crippen LogP contribution < -0.4 is 14.8 Å². The molecule has 0 aliphatic carbocycles. The molecule has 1 saturated heterocycles. The van der Waals surface area contributed by atoms with E-state index in [9.17, 15) is 18.0 Å². The van der Waals surface area contributed by atoms with Gasteiger partial charge in [-0.3, -0.25) is 4.79 Å². The van der Waals surface area contributed by atoms with E-state index in [1.54, 1.807) is 30.3 Å². The molecule has 2 aromatic rings. The highest BCUT2D eigenvalue weighted by molar-refractivity contribution is 8.18. The number of carbonyl (C=O) groups excluding carboxylic acids is 1. The van der Waals surface area contributed by atoms with E-state index in [2.05, 4.69) is 15.0 Å². The molecule has 0 atom stereocenters. The van der Waals surface area contributed by atoms with Gasteiger partial charge in [0.2, 0.25) is 0 Å². The molecule has 1 fully saturated rings. The van der Waals surface area contributed by atoms with E-state index in [1.807, 2.05) is 0 Å². The number of halogens is 3. The van der Waals surface area contributed by atoms with E-state index in [0.717, 1.165) is 11.8 Å². The van der Waals surface area contributed by atoms with E-state index in [0.29, 0.717) is 27.1 Å². The lowest BCUT2D eigenvalue weighted by atomic mass is 10.2. The molecule has 0 saturated carbocycles. The molecule has 140 valence electrons. The fourth-order valence-corrected chi connectivity index (χ4v) is 3.06. The third-order valence-electron chi connectivity index (χ3n) is 3.37. The fourth-order valence-electron chi connectivity index (χ4n) is 2.23. The van der Waals surface area contributed by atoms with Gasteiger partial charge in [-0.25, -0.2) is 4.99 Å². The van der Waals surface area contributed by atoms with Crippen LogP contribution in [0, 0.1) is 0 Å². The summed E-state index contributed by atoms with van der Waals surface area (Å²) >= 11 is 1.13. The zero-order chi connectivity index (χ0) is 19.4. The highest BCUT2D eigenvalue weighted by atomic mass is 32.2. The normalized spacial score (nSPS) is 17.3. The number of hydrogen-bond donors (Lipinski definition) is 1. The minimum atomic E-state index is -4.75. The predicted octanol–water partition coefficient (Wildman–Crippen LogP) is 4.49. The molecule has 1 aliphatic rings. The number of nitrogens with one attached hydrogen (secondary N) is 1. The molecule has 0 spiro atoms. The smallest absolute Gasteiger partial charge is 0.494 e. The van der Waals surface area contributed by atoms with Crippen molar-refractivity contribution in [3.05, 3.63) is 59.0 Å². The average Bonchev–Trinajstić information content (AvgIpc) is 2.95. The number of alkyl halides is 3. The van der Waals surface area contributed by atoms with E-state index in [4.69, 9.17) is 4.74 Å². The standard InChI is InChI=1S/C18H13F3N2O3S/c1-25-14-5-3-2-4-13(14)22-17-23-16(24)15(27-17)10-11-6-8-12(9-7-11)26-18(19,20)21/h2-10H,1H3,(H,22,23,24)/b15-10-. The van der Waals surface area contributed by atoms with Crippen molar-refractivity contribution in [1.29, 1.82) is 0 Å². The number of carbonyl (C=O) groups is 1. The zero-order valence-corrected chi connectivity index (χ0v) is 14.7. The third-order valence-corrected chi connectivity index (χ3v) is 4.28. The Balaban J connectivity index is 1.76. The molecule has 0 radical (unpaired) electrons. The number of benzene rings is 2. The highest BCUT2D eigenvalue weighted by Gasteiger charge is 2.31. The predicted molar refractivity (Wildman–Crippen MR) is 96.9 cm³/mol. The summed E-state index contributed by atoms with van der Waals surface area (Å²) in [6.45, 7) is 0. The van der Waals surface area contributed by atoms with Crippen LogP contribution in [-0.2, 0) is 4.79 Å². The summed E-state index contributed by atoms with van der Waals surface area (Å²) in [7, 11) is 1.52. The molecular formula is C18H13F3N2O3S. The lowest BCUT2D eigenvalue weighted by Gasteiger charge is -2.08. The number of aliphatic imine (C=N–C) groups is 1. The maximum Gasteiger partial charge on any atom is 0.573 e. The average molecular weight is 394 g/mol. The van der Waals surface area contributed by atoms with Gasteiger partial charge in [0, 0.05) is 0 Å². The molecule has 1 aliphatic heterocycles. The first-order valence-electron chi connectivity index (χ1n) is 7.62. The molecule has 27 heavy (non-hydrogen) atoms. The van der Waals surface area contributed by atoms with Crippen molar-refractivity contribution in [2.75, 3.05) is 7.11 Å². The summed E-state index contributed by atoms with van der Waals surface area (Å²) in [5.74, 6) is -0.103. The minimum absolute atomic E-state index is 0.327. The summed E-state index contributed by atoms with van der Waals surface area (Å²) in [6, 6.07) is 12.3. The van der Waals surface area contributed by atoms with Gasteiger partial charge in [-0.05, 0) is 47.7 Å². The van der Waals surface area contributed by atoms with E-state index < -0.39 is 6.36 Å². The number of methoxy groups -OCH3 is 1. The quantitative estimate of drug-likeness (QED) is 0.777. The van der Waals surface area contributed by atoms with Crippen LogP contribution in [0.25, 0.3) is 6.08 Å². The molecule has 0 unspecified atom stereocenters. The maximum atomic E-state index is 12.2. The van der Waals surface area contributed by atoms with Crippen molar-refractivity contribution in [1.82, 2.24) is 5.32 Å². The van der Waals surface area contributed by atoms with Crippen LogP contribution in [0.2, 0.25) is 0 Å². The second-order valence-electron chi connectivity index (χ2n) is 5.27. The molecule has 1 amide bonds. The molecule has 0 aromatic heterocycles. The van der Waals surface area contributed by atoms with Gasteiger partial charge in [0.05, 0.1) is 12.0 Å². The Morgan fingerprint density at radius 2 is 1.81 bits per heavy atom. The summed E-state index contributed by atoms with van der Waals surface area (Å²) in [5.41, 5.74) is 1.12. The Morgan fingerprint density at radius 1 is 1.11 bits per heavy atom. The number of rotatable bonds is 4. The summed E-state index contributed by atoms with van der Waals surface area (Å²) < 4.78 is 45.6. The Labute approximate surface area is 156 Å². The fraction of sp³-hybridized carbons (Fsp3) is 0.111. The first-order valence-corrected chi connectivity index (χ1v) is 8.44. The zero-order valence-electron chi connectivity index (χ0n) is 13.9. The molecule has 9 heteroatoms. The van der Waals surface area contributed by atoms with Crippen LogP contribution in [0.15, 0.2) is 58.4 Å². The molecule has 2 aromatic carbocycles. The van der Waals surface area contributed by atoms with Crippen LogP contribution in [0.3, 0.4) is 0 Å². The molecule has 1 N–H and O–H groups in total. The molecular weight excluding hydrogens is 381 g/mol. The number of para-hydroxylation sites is 2. The molecule has 0 bridgehead atoms. The van der Waals surface area contributed by atoms with Crippen molar-refractivity contribution in [3.8, 4) is 11.5 Å². The van der Waals surface area contributed by atoms with Gasteiger partial charge in [0.1, 0.15) is 17.2 Å². The van der Waals surface area contributed by atoms with Crippen LogP contribution in [0.4, 0.5) is 18.9 Å². The number of ether oxygens (including phenoxy) is 2. The van der Waals surface area contributed by atoms with Crippen molar-refractivity contribution in [2.24, 2.45) is 4.99 Å². The van der Waals surface area contributed by atoms with Crippen LogP contribution in [0.5, 0.6) is 11.5 Å². The Morgan fingerprint density at radius 3 is 2.48 bits per heavy atom. The van der Waals surface area contributed by atoms with Gasteiger partial charge in [-0.15, -0.1) is 13.2 Å². The monoisotopic (exact) mass is 394 g/mol. The molecule has 5 nitrogen and oxygen atoms in total. The summed E-state index contributed by atoms with van der Waals surface area (Å²) in [6.07, 6.45) is -3.19. The number of amidine groups is 1. The third kappa shape index (κ3) is 5.04. The Kier molecular flexibility index (Phi) is 5.41. The van der Waals surface area contributed by atoms with Crippen molar-refractivity contribution < 1.29 is 27.4 Å². The number of thioether (sulfide) groups is 1. The lowest BCUT2D eigenvalue weighted by molar-refractivity contribution is -0.274.